The number of halogens is 2. The van der Waals surface area contributed by atoms with Crippen LogP contribution in [0.25, 0.3) is 0 Å². The average Bonchev–Trinajstić information content (AvgIpc) is 2.44. The topological polar surface area (TPSA) is 53.7 Å². The van der Waals surface area contributed by atoms with Crippen molar-refractivity contribution < 1.29 is 18.6 Å². The van der Waals surface area contributed by atoms with Gasteiger partial charge in [0.25, 0.3) is 0 Å². The molecule has 0 bridgehead atoms. The second kappa shape index (κ2) is 5.20. The molecule has 2 aromatic carbocycles. The molecule has 2 aromatic rings. The van der Waals surface area contributed by atoms with Gasteiger partial charge in [0.2, 0.25) is 0 Å². The molecule has 0 saturated carbocycles. The van der Waals surface area contributed by atoms with Crippen molar-refractivity contribution in [3.8, 4) is 23.0 Å². The van der Waals surface area contributed by atoms with E-state index in [0.29, 0.717) is 46.4 Å². The SMILES string of the molecule is Nc1cc2c(cc1Oc1ccc(F)c(Br)c1)OCCO2. The van der Waals surface area contributed by atoms with Gasteiger partial charge in [-0.2, -0.15) is 0 Å². The Balaban J connectivity index is 1.92. The number of anilines is 1. The Morgan fingerprint density at radius 2 is 1.80 bits per heavy atom. The Bertz CT molecular complexity index is 663. The van der Waals surface area contributed by atoms with Crippen LogP contribution in [0.3, 0.4) is 0 Å². The molecule has 1 heterocycles. The van der Waals surface area contributed by atoms with Gasteiger partial charge in [-0.3, -0.25) is 0 Å². The van der Waals surface area contributed by atoms with Gasteiger partial charge in [0, 0.05) is 12.1 Å². The first-order valence-electron chi connectivity index (χ1n) is 5.95. The van der Waals surface area contributed by atoms with Crippen LogP contribution >= 0.6 is 15.9 Å². The fraction of sp³-hybridized carbons (Fsp3) is 0.143. The van der Waals surface area contributed by atoms with E-state index >= 15 is 0 Å². The Morgan fingerprint density at radius 1 is 1.10 bits per heavy atom. The Hall–Kier alpha value is -1.95. The maximum Gasteiger partial charge on any atom is 0.165 e. The summed E-state index contributed by atoms with van der Waals surface area (Å²) in [6.07, 6.45) is 0. The molecule has 0 saturated heterocycles. The molecule has 2 N–H and O–H groups in total. The van der Waals surface area contributed by atoms with Crippen molar-refractivity contribution in [3.05, 3.63) is 40.6 Å². The van der Waals surface area contributed by atoms with E-state index < -0.39 is 0 Å². The minimum Gasteiger partial charge on any atom is -0.486 e. The van der Waals surface area contributed by atoms with Gasteiger partial charge in [-0.15, -0.1) is 0 Å². The molecule has 0 atom stereocenters. The Labute approximate surface area is 123 Å². The third kappa shape index (κ3) is 2.51. The lowest BCUT2D eigenvalue weighted by Gasteiger charge is -2.20. The van der Waals surface area contributed by atoms with Crippen molar-refractivity contribution in [3.63, 3.8) is 0 Å². The predicted molar refractivity (Wildman–Crippen MR) is 76.0 cm³/mol. The molecule has 4 nitrogen and oxygen atoms in total. The third-order valence-corrected chi connectivity index (χ3v) is 3.40. The molecule has 0 unspecified atom stereocenters. The van der Waals surface area contributed by atoms with Crippen molar-refractivity contribution in [2.45, 2.75) is 0 Å². The van der Waals surface area contributed by atoms with Gasteiger partial charge >= 0.3 is 0 Å². The highest BCUT2D eigenvalue weighted by Gasteiger charge is 2.16. The summed E-state index contributed by atoms with van der Waals surface area (Å²) in [5.74, 6) is 1.74. The predicted octanol–water partition coefficient (Wildman–Crippen LogP) is 3.73. The molecule has 0 radical (unpaired) electrons. The van der Waals surface area contributed by atoms with Crippen LogP contribution in [-0.4, -0.2) is 13.2 Å². The van der Waals surface area contributed by atoms with Crippen LogP contribution in [0.5, 0.6) is 23.0 Å². The van der Waals surface area contributed by atoms with Gasteiger partial charge < -0.3 is 19.9 Å². The Morgan fingerprint density at radius 3 is 2.50 bits per heavy atom. The maximum atomic E-state index is 13.2. The summed E-state index contributed by atoms with van der Waals surface area (Å²) in [6, 6.07) is 7.69. The van der Waals surface area contributed by atoms with E-state index in [4.69, 9.17) is 19.9 Å². The van der Waals surface area contributed by atoms with E-state index in [1.54, 1.807) is 12.1 Å². The molecule has 3 rings (SSSR count). The van der Waals surface area contributed by atoms with E-state index in [1.165, 1.54) is 18.2 Å². The van der Waals surface area contributed by atoms with E-state index in [9.17, 15) is 4.39 Å². The molecular formula is C14H11BrFNO3. The van der Waals surface area contributed by atoms with Gasteiger partial charge in [0.15, 0.2) is 17.2 Å². The normalized spacial score (nSPS) is 13.1. The first-order chi connectivity index (χ1) is 9.63. The van der Waals surface area contributed by atoms with Crippen molar-refractivity contribution in [2.24, 2.45) is 0 Å². The van der Waals surface area contributed by atoms with Crippen LogP contribution in [0.2, 0.25) is 0 Å². The van der Waals surface area contributed by atoms with Crippen molar-refractivity contribution in [2.75, 3.05) is 18.9 Å². The molecule has 0 aromatic heterocycles. The number of rotatable bonds is 2. The molecule has 6 heteroatoms. The van der Waals surface area contributed by atoms with Gasteiger partial charge in [-0.1, -0.05) is 0 Å². The fourth-order valence-corrected chi connectivity index (χ4v) is 2.20. The van der Waals surface area contributed by atoms with E-state index in [1.807, 2.05) is 0 Å². The molecule has 1 aliphatic rings. The van der Waals surface area contributed by atoms with Crippen LogP contribution in [-0.2, 0) is 0 Å². The van der Waals surface area contributed by atoms with Gasteiger partial charge in [0.1, 0.15) is 24.8 Å². The van der Waals surface area contributed by atoms with Crippen molar-refractivity contribution >= 4 is 21.6 Å². The minimum absolute atomic E-state index is 0.325. The third-order valence-electron chi connectivity index (χ3n) is 2.79. The molecular weight excluding hydrogens is 329 g/mol. The lowest BCUT2D eigenvalue weighted by Crippen LogP contribution is -2.15. The summed E-state index contributed by atoms with van der Waals surface area (Å²) in [5, 5.41) is 0. The number of fused-ring (bicyclic) bond motifs is 1. The largest absolute Gasteiger partial charge is 0.486 e. The summed E-state index contributed by atoms with van der Waals surface area (Å²) in [6.45, 7) is 0.982. The first kappa shape index (κ1) is 13.1. The maximum absolute atomic E-state index is 13.2. The van der Waals surface area contributed by atoms with Crippen LogP contribution in [0, 0.1) is 5.82 Å². The summed E-state index contributed by atoms with van der Waals surface area (Å²) in [7, 11) is 0. The summed E-state index contributed by atoms with van der Waals surface area (Å²) >= 11 is 3.11. The van der Waals surface area contributed by atoms with Crippen LogP contribution in [0.15, 0.2) is 34.8 Å². The highest BCUT2D eigenvalue weighted by atomic mass is 79.9. The number of ether oxygens (including phenoxy) is 3. The molecule has 1 aliphatic heterocycles. The molecule has 0 amide bonds. The van der Waals surface area contributed by atoms with Crippen LogP contribution in [0.4, 0.5) is 10.1 Å². The summed E-state index contributed by atoms with van der Waals surface area (Å²) in [5.41, 5.74) is 6.34. The lowest BCUT2D eigenvalue weighted by molar-refractivity contribution is 0.171. The first-order valence-corrected chi connectivity index (χ1v) is 6.75. The van der Waals surface area contributed by atoms with Crippen LogP contribution < -0.4 is 19.9 Å². The molecule has 20 heavy (non-hydrogen) atoms. The van der Waals surface area contributed by atoms with Crippen molar-refractivity contribution in [1.82, 2.24) is 0 Å². The monoisotopic (exact) mass is 339 g/mol. The zero-order valence-electron chi connectivity index (χ0n) is 10.4. The van der Waals surface area contributed by atoms with Gasteiger partial charge in [-0.25, -0.2) is 4.39 Å². The molecule has 0 spiro atoms. The molecule has 0 fully saturated rings. The smallest absolute Gasteiger partial charge is 0.165 e. The second-order valence-corrected chi connectivity index (χ2v) is 5.07. The quantitative estimate of drug-likeness (QED) is 0.847. The highest BCUT2D eigenvalue weighted by molar-refractivity contribution is 9.10. The number of hydrogen-bond donors (Lipinski definition) is 1. The van der Waals surface area contributed by atoms with E-state index in [0.717, 1.165) is 0 Å². The number of benzene rings is 2. The zero-order valence-corrected chi connectivity index (χ0v) is 11.9. The fourth-order valence-electron chi connectivity index (χ4n) is 1.84. The Kier molecular flexibility index (Phi) is 3.40. The number of nitrogens with two attached hydrogens (primary N) is 1. The van der Waals surface area contributed by atoms with Gasteiger partial charge in [0.05, 0.1) is 10.2 Å². The van der Waals surface area contributed by atoms with Gasteiger partial charge in [-0.05, 0) is 34.1 Å². The summed E-state index contributed by atoms with van der Waals surface area (Å²) in [4.78, 5) is 0. The summed E-state index contributed by atoms with van der Waals surface area (Å²) < 4.78 is 30.1. The molecule has 104 valence electrons. The van der Waals surface area contributed by atoms with Crippen molar-refractivity contribution in [1.29, 1.82) is 0 Å². The molecule has 0 aliphatic carbocycles. The van der Waals surface area contributed by atoms with E-state index in [-0.39, 0.29) is 5.82 Å². The zero-order chi connectivity index (χ0) is 14.1. The highest BCUT2D eigenvalue weighted by Crippen LogP contribution is 2.40. The standard InChI is InChI=1S/C14H11BrFNO3/c15-9-5-8(1-2-10(9)16)20-12-7-14-13(6-11(12)17)18-3-4-19-14/h1-2,5-7H,3-4,17H2. The number of hydrogen-bond acceptors (Lipinski definition) is 4. The lowest BCUT2D eigenvalue weighted by atomic mass is 10.2. The second-order valence-electron chi connectivity index (χ2n) is 4.21. The van der Waals surface area contributed by atoms with Crippen LogP contribution in [0.1, 0.15) is 0 Å². The van der Waals surface area contributed by atoms with E-state index in [2.05, 4.69) is 15.9 Å². The minimum atomic E-state index is -0.354. The number of nitrogen functional groups attached to an aromatic ring is 1. The average molecular weight is 340 g/mol.